The van der Waals surface area contributed by atoms with Crippen LogP contribution in [-0.4, -0.2) is 71.1 Å². The van der Waals surface area contributed by atoms with Gasteiger partial charge in [-0.1, -0.05) is 19.3 Å². The third kappa shape index (κ3) is 4.61. The predicted molar refractivity (Wildman–Crippen MR) is 110 cm³/mol. The number of urea groups is 1. The van der Waals surface area contributed by atoms with E-state index in [0.29, 0.717) is 25.8 Å². The van der Waals surface area contributed by atoms with Gasteiger partial charge in [0.05, 0.1) is 28.1 Å². The summed E-state index contributed by atoms with van der Waals surface area (Å²) in [6.45, 7) is 5.69. The molecule has 0 aromatic rings. The van der Waals surface area contributed by atoms with Crippen LogP contribution in [0.3, 0.4) is 0 Å². The number of Topliss-reactive ketones (excluding diaryl/α,β-unsaturated/α-hetero) is 1. The Balaban J connectivity index is 1.60. The lowest BCUT2D eigenvalue weighted by molar-refractivity contribution is -0.115. The van der Waals surface area contributed by atoms with Gasteiger partial charge in [0.25, 0.3) is 0 Å². The SMILES string of the molecule is CC(C)(C)S(=O)(=O)CC1(NC(=O)NCC(O)N2CCCC23CC3=O)CCCCC1. The minimum atomic E-state index is -3.40. The average Bonchev–Trinajstić information content (AvgIpc) is 3.05. The van der Waals surface area contributed by atoms with Crippen LogP contribution in [0.4, 0.5) is 4.79 Å². The maximum Gasteiger partial charge on any atom is 0.315 e. The number of ketones is 1. The van der Waals surface area contributed by atoms with E-state index in [9.17, 15) is 23.1 Å². The Kier molecular flexibility index (Phi) is 6.06. The predicted octanol–water partition coefficient (Wildman–Crippen LogP) is 1.33. The molecule has 2 amide bonds. The second-order valence-electron chi connectivity index (χ2n) is 9.96. The van der Waals surface area contributed by atoms with E-state index in [4.69, 9.17) is 0 Å². The Labute approximate surface area is 173 Å². The Morgan fingerprint density at radius 1 is 1.17 bits per heavy atom. The Bertz CT molecular complexity index is 755. The normalized spacial score (nSPS) is 28.3. The number of carbonyl (C=O) groups excluding carboxylic acids is 2. The van der Waals surface area contributed by atoms with Crippen LogP contribution in [0.5, 0.6) is 0 Å². The number of amides is 2. The molecule has 2 saturated carbocycles. The summed E-state index contributed by atoms with van der Waals surface area (Å²) in [4.78, 5) is 26.2. The molecule has 3 N–H and O–H groups in total. The molecule has 2 unspecified atom stereocenters. The molecule has 166 valence electrons. The molecule has 3 fully saturated rings. The Hall–Kier alpha value is -1.19. The highest BCUT2D eigenvalue weighted by Crippen LogP contribution is 2.46. The van der Waals surface area contributed by atoms with Crippen molar-refractivity contribution >= 4 is 21.7 Å². The molecule has 2 aliphatic carbocycles. The van der Waals surface area contributed by atoms with Crippen LogP contribution in [0, 0.1) is 0 Å². The van der Waals surface area contributed by atoms with Crippen molar-refractivity contribution in [2.75, 3.05) is 18.8 Å². The van der Waals surface area contributed by atoms with Crippen molar-refractivity contribution < 1.29 is 23.1 Å². The monoisotopic (exact) mass is 429 g/mol. The number of hydrogen-bond donors (Lipinski definition) is 3. The molecule has 0 bridgehead atoms. The molecule has 0 radical (unpaired) electrons. The second kappa shape index (κ2) is 7.81. The summed E-state index contributed by atoms with van der Waals surface area (Å²) in [6.07, 6.45) is 5.22. The number of nitrogens with one attached hydrogen (secondary N) is 2. The van der Waals surface area contributed by atoms with Gasteiger partial charge < -0.3 is 15.7 Å². The quantitative estimate of drug-likeness (QED) is 0.587. The van der Waals surface area contributed by atoms with Crippen molar-refractivity contribution in [3.05, 3.63) is 0 Å². The fourth-order valence-electron chi connectivity index (χ4n) is 4.74. The summed E-state index contributed by atoms with van der Waals surface area (Å²) in [5.74, 6) is 0.0792. The standard InChI is InChI=1S/C20H35N3O5S/c1-18(2,3)29(27,28)14-19(8-5-4-6-9-19)22-17(26)21-13-16(25)23-11-7-10-20(23)12-15(20)24/h16,25H,4-14H2,1-3H3,(H2,21,22,26). The summed E-state index contributed by atoms with van der Waals surface area (Å²) in [6, 6.07) is -0.467. The van der Waals surface area contributed by atoms with E-state index in [0.717, 1.165) is 32.1 Å². The highest BCUT2D eigenvalue weighted by molar-refractivity contribution is 7.92. The molecule has 0 aromatic carbocycles. The Morgan fingerprint density at radius 3 is 2.34 bits per heavy atom. The van der Waals surface area contributed by atoms with Gasteiger partial charge in [0.15, 0.2) is 15.6 Å². The number of aliphatic hydroxyl groups is 1. The molecular formula is C20H35N3O5S. The number of aliphatic hydroxyl groups excluding tert-OH is 1. The van der Waals surface area contributed by atoms with Crippen molar-refractivity contribution in [2.24, 2.45) is 0 Å². The van der Waals surface area contributed by atoms with Crippen LogP contribution < -0.4 is 10.6 Å². The van der Waals surface area contributed by atoms with Gasteiger partial charge in [0, 0.05) is 13.0 Å². The van der Waals surface area contributed by atoms with Crippen molar-refractivity contribution in [1.82, 2.24) is 15.5 Å². The van der Waals surface area contributed by atoms with E-state index in [-0.39, 0.29) is 18.1 Å². The fraction of sp³-hybridized carbons (Fsp3) is 0.900. The van der Waals surface area contributed by atoms with Crippen molar-refractivity contribution in [3.63, 3.8) is 0 Å². The van der Waals surface area contributed by atoms with Crippen LogP contribution in [0.15, 0.2) is 0 Å². The molecule has 3 rings (SSSR count). The van der Waals surface area contributed by atoms with Crippen molar-refractivity contribution in [1.29, 1.82) is 0 Å². The molecule has 1 aliphatic heterocycles. The fourth-order valence-corrected chi connectivity index (χ4v) is 6.26. The average molecular weight is 430 g/mol. The molecule has 29 heavy (non-hydrogen) atoms. The topological polar surface area (TPSA) is 116 Å². The summed E-state index contributed by atoms with van der Waals surface area (Å²) < 4.78 is 24.7. The lowest BCUT2D eigenvalue weighted by atomic mass is 9.83. The second-order valence-corrected chi connectivity index (χ2v) is 12.7. The van der Waals surface area contributed by atoms with Crippen molar-refractivity contribution in [3.8, 4) is 0 Å². The molecule has 3 aliphatic rings. The highest BCUT2D eigenvalue weighted by atomic mass is 32.2. The number of hydrogen-bond acceptors (Lipinski definition) is 6. The van der Waals surface area contributed by atoms with Gasteiger partial charge in [-0.3, -0.25) is 9.69 Å². The molecule has 1 saturated heterocycles. The summed E-state index contributed by atoms with van der Waals surface area (Å²) in [7, 11) is -3.40. The molecule has 1 heterocycles. The van der Waals surface area contributed by atoms with Crippen LogP contribution in [0.2, 0.25) is 0 Å². The lowest BCUT2D eigenvalue weighted by Crippen LogP contribution is -2.59. The zero-order chi connectivity index (χ0) is 21.5. The molecule has 1 spiro atoms. The number of sulfone groups is 1. The minimum absolute atomic E-state index is 0.00294. The van der Waals surface area contributed by atoms with Gasteiger partial charge in [-0.15, -0.1) is 0 Å². The van der Waals surface area contributed by atoms with Crippen molar-refractivity contribution in [2.45, 2.75) is 94.2 Å². The van der Waals surface area contributed by atoms with Gasteiger partial charge >= 0.3 is 6.03 Å². The van der Waals surface area contributed by atoms with E-state index in [1.807, 2.05) is 0 Å². The van der Waals surface area contributed by atoms with Crippen LogP contribution in [0.1, 0.15) is 72.1 Å². The van der Waals surface area contributed by atoms with Gasteiger partial charge in [-0.2, -0.15) is 0 Å². The number of rotatable bonds is 6. The van der Waals surface area contributed by atoms with Crippen LogP contribution in [0.25, 0.3) is 0 Å². The maximum absolute atomic E-state index is 12.8. The van der Waals surface area contributed by atoms with Gasteiger partial charge in [0.1, 0.15) is 6.23 Å². The number of carbonyl (C=O) groups is 2. The van der Waals surface area contributed by atoms with E-state index < -0.39 is 37.9 Å². The molecule has 2 atom stereocenters. The largest absolute Gasteiger partial charge is 0.376 e. The van der Waals surface area contributed by atoms with E-state index in [1.165, 1.54) is 0 Å². The first-order valence-electron chi connectivity index (χ1n) is 10.7. The van der Waals surface area contributed by atoms with Gasteiger partial charge in [0.2, 0.25) is 0 Å². The first kappa shape index (κ1) is 22.5. The number of nitrogens with zero attached hydrogens (tertiary/aromatic N) is 1. The minimum Gasteiger partial charge on any atom is -0.376 e. The van der Waals surface area contributed by atoms with Crippen LogP contribution >= 0.6 is 0 Å². The van der Waals surface area contributed by atoms with E-state index in [2.05, 4.69) is 10.6 Å². The first-order valence-corrected chi connectivity index (χ1v) is 12.3. The number of likely N-dealkylation sites (tertiary alicyclic amines) is 1. The molecule has 0 aromatic heterocycles. The molecule has 8 nitrogen and oxygen atoms in total. The third-order valence-corrected chi connectivity index (χ3v) is 9.58. The zero-order valence-electron chi connectivity index (χ0n) is 17.8. The lowest BCUT2D eigenvalue weighted by Gasteiger charge is -2.39. The van der Waals surface area contributed by atoms with Gasteiger partial charge in [-0.25, -0.2) is 13.2 Å². The molecule has 9 heteroatoms. The summed E-state index contributed by atoms with van der Waals surface area (Å²) in [5.41, 5.74) is -1.29. The zero-order valence-corrected chi connectivity index (χ0v) is 18.6. The maximum atomic E-state index is 12.8. The van der Waals surface area contributed by atoms with Gasteiger partial charge in [-0.05, 0) is 46.5 Å². The Morgan fingerprint density at radius 2 is 1.79 bits per heavy atom. The third-order valence-electron chi connectivity index (χ3n) is 6.78. The van der Waals surface area contributed by atoms with E-state index in [1.54, 1.807) is 25.7 Å². The summed E-state index contributed by atoms with van der Waals surface area (Å²) in [5, 5.41) is 16.1. The highest BCUT2D eigenvalue weighted by Gasteiger charge is 2.61. The van der Waals surface area contributed by atoms with E-state index >= 15 is 0 Å². The first-order chi connectivity index (χ1) is 13.4. The smallest absolute Gasteiger partial charge is 0.315 e. The van der Waals surface area contributed by atoms with Crippen LogP contribution in [-0.2, 0) is 14.6 Å². The molecular weight excluding hydrogens is 394 g/mol. The summed E-state index contributed by atoms with van der Waals surface area (Å²) >= 11 is 0.